The number of benzene rings is 7. The minimum Gasteiger partial charge on any atom is -0.309 e. The summed E-state index contributed by atoms with van der Waals surface area (Å²) < 4.78 is 4.47. The van der Waals surface area contributed by atoms with Crippen LogP contribution in [-0.4, -0.2) is 9.13 Å². The lowest BCUT2D eigenvalue weighted by molar-refractivity contribution is 1.18. The van der Waals surface area contributed by atoms with Crippen LogP contribution >= 0.6 is 0 Å². The van der Waals surface area contributed by atoms with E-state index in [9.17, 15) is 15.8 Å². The lowest BCUT2D eigenvalue weighted by Gasteiger charge is -2.17. The maximum atomic E-state index is 9.96. The molecule has 5 heteroatoms. The van der Waals surface area contributed by atoms with Crippen molar-refractivity contribution in [1.29, 1.82) is 15.8 Å². The molecule has 9 aromatic rings. The second kappa shape index (κ2) is 11.4. The predicted molar refractivity (Wildman–Crippen MR) is 200 cm³/mol. The molecule has 0 radical (unpaired) electrons. The summed E-state index contributed by atoms with van der Waals surface area (Å²) in [6.45, 7) is 0. The van der Waals surface area contributed by atoms with Crippen LogP contribution in [0.4, 0.5) is 0 Å². The molecule has 0 spiro atoms. The van der Waals surface area contributed by atoms with Gasteiger partial charge in [-0.15, -0.1) is 0 Å². The van der Waals surface area contributed by atoms with E-state index in [0.29, 0.717) is 16.7 Å². The SMILES string of the molecule is N#Cc1ccc(-c2ccccc2-n2c3ccccc3c3cc(C#N)ccc32)c(-c2ccc(-n3c4ccccc4c4c(C#N)cccc43)cc2)c1. The molecule has 0 saturated carbocycles. The Balaban J connectivity index is 1.24. The zero-order chi connectivity index (χ0) is 33.8. The van der Waals surface area contributed by atoms with Crippen LogP contribution in [-0.2, 0) is 0 Å². The van der Waals surface area contributed by atoms with Gasteiger partial charge in [0.05, 0.1) is 62.7 Å². The van der Waals surface area contributed by atoms with Gasteiger partial charge in [0.15, 0.2) is 0 Å². The normalized spacial score (nSPS) is 11.1. The molecule has 0 N–H and O–H groups in total. The van der Waals surface area contributed by atoms with E-state index in [2.05, 4.69) is 94.1 Å². The molecule has 0 aliphatic rings. The fraction of sp³-hybridized carbons (Fsp3) is 0. The van der Waals surface area contributed by atoms with Gasteiger partial charge in [0.2, 0.25) is 0 Å². The van der Waals surface area contributed by atoms with Gasteiger partial charge in [-0.25, -0.2) is 0 Å². The van der Waals surface area contributed by atoms with Crippen LogP contribution in [0.2, 0.25) is 0 Å². The molecule has 230 valence electrons. The summed E-state index contributed by atoms with van der Waals surface area (Å²) in [7, 11) is 0. The summed E-state index contributed by atoms with van der Waals surface area (Å²) in [5.41, 5.74) is 11.9. The van der Waals surface area contributed by atoms with Crippen molar-refractivity contribution in [3.63, 3.8) is 0 Å². The number of nitriles is 3. The van der Waals surface area contributed by atoms with E-state index in [1.807, 2.05) is 84.9 Å². The molecule has 0 amide bonds. The molecule has 5 nitrogen and oxygen atoms in total. The Hall–Kier alpha value is -7.39. The van der Waals surface area contributed by atoms with E-state index >= 15 is 0 Å². The van der Waals surface area contributed by atoms with E-state index in [1.165, 1.54) is 0 Å². The largest absolute Gasteiger partial charge is 0.309 e. The monoisotopic (exact) mass is 635 g/mol. The minimum absolute atomic E-state index is 0.581. The van der Waals surface area contributed by atoms with Crippen LogP contribution in [0.3, 0.4) is 0 Å². The van der Waals surface area contributed by atoms with Gasteiger partial charge in [0.1, 0.15) is 0 Å². The third-order valence-electron chi connectivity index (χ3n) is 9.64. The number of fused-ring (bicyclic) bond motifs is 6. The molecule has 50 heavy (non-hydrogen) atoms. The van der Waals surface area contributed by atoms with Crippen LogP contribution in [0.1, 0.15) is 16.7 Å². The Morgan fingerprint density at radius 2 is 1.04 bits per heavy atom. The molecule has 0 unspecified atom stereocenters. The van der Waals surface area contributed by atoms with E-state index in [-0.39, 0.29) is 0 Å². The van der Waals surface area contributed by atoms with Gasteiger partial charge in [0, 0.05) is 32.8 Å². The first-order valence-electron chi connectivity index (χ1n) is 16.3. The van der Waals surface area contributed by atoms with Gasteiger partial charge in [-0.3, -0.25) is 0 Å². The summed E-state index contributed by atoms with van der Waals surface area (Å²) in [5.74, 6) is 0. The second-order valence-electron chi connectivity index (χ2n) is 12.3. The van der Waals surface area contributed by atoms with E-state index < -0.39 is 0 Å². The smallest absolute Gasteiger partial charge is 0.0998 e. The highest BCUT2D eigenvalue weighted by Crippen LogP contribution is 2.41. The molecule has 9 rings (SSSR count). The third-order valence-corrected chi connectivity index (χ3v) is 9.64. The molecular formula is C45H25N5. The van der Waals surface area contributed by atoms with Gasteiger partial charge in [0.25, 0.3) is 0 Å². The topological polar surface area (TPSA) is 81.2 Å². The molecule has 0 aliphatic heterocycles. The Morgan fingerprint density at radius 1 is 0.400 bits per heavy atom. The van der Waals surface area contributed by atoms with Crippen molar-refractivity contribution in [3.8, 4) is 51.8 Å². The van der Waals surface area contributed by atoms with Crippen molar-refractivity contribution in [1.82, 2.24) is 9.13 Å². The first-order valence-corrected chi connectivity index (χ1v) is 16.3. The summed E-state index contributed by atoms with van der Waals surface area (Å²) in [6.07, 6.45) is 0. The van der Waals surface area contributed by atoms with Crippen LogP contribution in [0.25, 0.3) is 77.2 Å². The molecular weight excluding hydrogens is 611 g/mol. The van der Waals surface area contributed by atoms with Crippen LogP contribution < -0.4 is 0 Å². The van der Waals surface area contributed by atoms with Gasteiger partial charge >= 0.3 is 0 Å². The summed E-state index contributed by atoms with van der Waals surface area (Å²) in [4.78, 5) is 0. The average molecular weight is 636 g/mol. The highest BCUT2D eigenvalue weighted by molar-refractivity contribution is 6.12. The Labute approximate surface area is 287 Å². The van der Waals surface area contributed by atoms with E-state index in [0.717, 1.165) is 77.2 Å². The fourth-order valence-corrected chi connectivity index (χ4v) is 7.47. The van der Waals surface area contributed by atoms with Gasteiger partial charge < -0.3 is 9.13 Å². The molecule has 0 atom stereocenters. The summed E-state index contributed by atoms with van der Waals surface area (Å²) in [6, 6.07) is 57.9. The molecule has 0 saturated heterocycles. The Bertz CT molecular complexity index is 2960. The molecule has 0 fully saturated rings. The minimum atomic E-state index is 0.581. The van der Waals surface area contributed by atoms with Crippen molar-refractivity contribution in [2.24, 2.45) is 0 Å². The van der Waals surface area contributed by atoms with Crippen LogP contribution in [0.5, 0.6) is 0 Å². The van der Waals surface area contributed by atoms with Crippen molar-refractivity contribution >= 4 is 43.6 Å². The zero-order valence-electron chi connectivity index (χ0n) is 26.7. The lowest BCUT2D eigenvalue weighted by atomic mass is 9.92. The zero-order valence-corrected chi connectivity index (χ0v) is 26.7. The van der Waals surface area contributed by atoms with Gasteiger partial charge in [-0.2, -0.15) is 15.8 Å². The quantitative estimate of drug-likeness (QED) is 0.193. The van der Waals surface area contributed by atoms with Crippen molar-refractivity contribution in [3.05, 3.63) is 168 Å². The fourth-order valence-electron chi connectivity index (χ4n) is 7.47. The summed E-state index contributed by atoms with van der Waals surface area (Å²) >= 11 is 0. The van der Waals surface area contributed by atoms with Crippen LogP contribution in [0.15, 0.2) is 152 Å². The number of nitrogens with zero attached hydrogens (tertiary/aromatic N) is 5. The third kappa shape index (κ3) is 4.31. The molecule has 7 aromatic carbocycles. The molecule has 2 heterocycles. The number of rotatable bonds is 4. The average Bonchev–Trinajstić information content (AvgIpc) is 3.70. The lowest BCUT2D eigenvalue weighted by Crippen LogP contribution is -1.98. The summed E-state index contributed by atoms with van der Waals surface area (Å²) in [5, 5.41) is 33.6. The van der Waals surface area contributed by atoms with E-state index in [4.69, 9.17) is 0 Å². The van der Waals surface area contributed by atoms with Crippen molar-refractivity contribution in [2.45, 2.75) is 0 Å². The molecule has 2 aromatic heterocycles. The Morgan fingerprint density at radius 3 is 1.82 bits per heavy atom. The first-order chi connectivity index (χ1) is 24.7. The van der Waals surface area contributed by atoms with Gasteiger partial charge in [-0.1, -0.05) is 78.9 Å². The van der Waals surface area contributed by atoms with Crippen LogP contribution in [0, 0.1) is 34.0 Å². The van der Waals surface area contributed by atoms with Gasteiger partial charge in [-0.05, 0) is 89.5 Å². The maximum Gasteiger partial charge on any atom is 0.0998 e. The maximum absolute atomic E-state index is 9.96. The number of hydrogen-bond acceptors (Lipinski definition) is 3. The molecule has 0 aliphatic carbocycles. The first kappa shape index (κ1) is 28.8. The Kier molecular flexibility index (Phi) is 6.56. The number of hydrogen-bond donors (Lipinski definition) is 0. The second-order valence-corrected chi connectivity index (χ2v) is 12.3. The highest BCUT2D eigenvalue weighted by Gasteiger charge is 2.19. The number of aromatic nitrogens is 2. The molecule has 0 bridgehead atoms. The van der Waals surface area contributed by atoms with Crippen molar-refractivity contribution < 1.29 is 0 Å². The standard InChI is InChI=1S/C45H25N5/c46-26-29-16-22-34(35-9-1-4-12-40(35)50-41-13-5-2-10-36(41)39-25-30(27-47)17-23-43(39)50)38(24-29)31-18-20-33(21-19-31)49-42-14-6-3-11-37(42)45-32(28-48)8-7-15-44(45)49/h1-25H. The van der Waals surface area contributed by atoms with E-state index in [1.54, 1.807) is 0 Å². The number of para-hydroxylation sites is 3. The van der Waals surface area contributed by atoms with Crippen molar-refractivity contribution in [2.75, 3.05) is 0 Å². The highest BCUT2D eigenvalue weighted by atomic mass is 15.0. The predicted octanol–water partition coefficient (Wildman–Crippen LogP) is 10.8.